The predicted octanol–water partition coefficient (Wildman–Crippen LogP) is 2.49. The molecule has 1 atom stereocenters. The molecule has 1 aromatic rings. The van der Waals surface area contributed by atoms with E-state index in [1.807, 2.05) is 20.8 Å². The Hall–Kier alpha value is -2.96. The van der Waals surface area contributed by atoms with Crippen LogP contribution in [0.3, 0.4) is 0 Å². The van der Waals surface area contributed by atoms with E-state index in [0.29, 0.717) is 11.3 Å². The number of rotatable bonds is 7. The average Bonchev–Trinajstić information content (AvgIpc) is 2.51. The number of aliphatic carboxylic acids is 1. The molecule has 0 saturated carbocycles. The van der Waals surface area contributed by atoms with Crippen molar-refractivity contribution in [2.75, 3.05) is 4.90 Å². The van der Waals surface area contributed by atoms with Gasteiger partial charge in [0.25, 0.3) is 5.91 Å². The number of anilines is 1. The molecule has 0 bridgehead atoms. The largest absolute Gasteiger partial charge is 0.479 e. The number of allylic oxidation sites excluding steroid dienone is 1. The summed E-state index contributed by atoms with van der Waals surface area (Å²) >= 11 is 0. The quantitative estimate of drug-likeness (QED) is 0.349. The van der Waals surface area contributed by atoms with E-state index in [1.54, 1.807) is 18.2 Å². The van der Waals surface area contributed by atoms with Gasteiger partial charge in [0.1, 0.15) is 6.04 Å². The van der Waals surface area contributed by atoms with Crippen LogP contribution in [0.5, 0.6) is 0 Å². The third kappa shape index (κ3) is 5.68. The smallest absolute Gasteiger partial charge is 0.330 e. The van der Waals surface area contributed by atoms with Gasteiger partial charge in [-0.05, 0) is 29.7 Å². The maximum absolute atomic E-state index is 12.2. The summed E-state index contributed by atoms with van der Waals surface area (Å²) in [5.41, 5.74) is 0.659. The number of carboxylic acid groups (broad SMARTS) is 1. The Labute approximate surface area is 141 Å². The molecule has 0 fully saturated rings. The van der Waals surface area contributed by atoms with Crippen LogP contribution in [-0.2, 0) is 4.79 Å². The second-order valence-electron chi connectivity index (χ2n) is 6.23. The monoisotopic (exact) mass is 330 g/mol. The van der Waals surface area contributed by atoms with Crippen molar-refractivity contribution in [3.05, 3.63) is 42.0 Å². The van der Waals surface area contributed by atoms with Gasteiger partial charge < -0.3 is 10.4 Å². The van der Waals surface area contributed by atoms with Crippen molar-refractivity contribution in [1.82, 2.24) is 5.32 Å². The summed E-state index contributed by atoms with van der Waals surface area (Å²) in [7, 11) is 0. The van der Waals surface area contributed by atoms with Crippen LogP contribution < -0.4 is 10.2 Å². The minimum absolute atomic E-state index is 0.191. The van der Waals surface area contributed by atoms with Crippen LogP contribution >= 0.6 is 0 Å². The van der Waals surface area contributed by atoms with Gasteiger partial charge in [-0.15, -0.1) is 0 Å². The van der Waals surface area contributed by atoms with Crippen LogP contribution in [0.25, 0.3) is 0 Å². The van der Waals surface area contributed by atoms with Gasteiger partial charge in [0.2, 0.25) is 0 Å². The first kappa shape index (κ1) is 19.1. The highest BCUT2D eigenvalue weighted by Crippen LogP contribution is 2.15. The molecule has 7 nitrogen and oxygen atoms in total. The van der Waals surface area contributed by atoms with E-state index in [9.17, 15) is 14.7 Å². The van der Waals surface area contributed by atoms with Crippen LogP contribution in [0, 0.1) is 16.2 Å². The second kappa shape index (κ2) is 8.05. The van der Waals surface area contributed by atoms with Gasteiger partial charge in [0.15, 0.2) is 0 Å². The van der Waals surface area contributed by atoms with Gasteiger partial charge in [0, 0.05) is 11.3 Å². The highest BCUT2D eigenvalue weighted by Gasteiger charge is 2.19. The molecular weight excluding hydrogens is 308 g/mol. The molecule has 128 valence electrons. The molecule has 0 spiro atoms. The van der Waals surface area contributed by atoms with Crippen LogP contribution in [-0.4, -0.2) is 35.7 Å². The molecular formula is C17H22N4O3. The number of hydrogen-bond donors (Lipinski definition) is 4. The summed E-state index contributed by atoms with van der Waals surface area (Å²) in [6.07, 6.45) is 5.14. The number of nitrogens with one attached hydrogen (secondary N) is 3. The van der Waals surface area contributed by atoms with Crippen molar-refractivity contribution in [3.63, 3.8) is 0 Å². The van der Waals surface area contributed by atoms with E-state index in [1.165, 1.54) is 23.1 Å². The van der Waals surface area contributed by atoms with Crippen molar-refractivity contribution < 1.29 is 14.7 Å². The fourth-order valence-electron chi connectivity index (χ4n) is 1.77. The Morgan fingerprint density at radius 1 is 1.17 bits per heavy atom. The Morgan fingerprint density at radius 2 is 1.71 bits per heavy atom. The molecule has 0 aliphatic carbocycles. The molecule has 0 aliphatic heterocycles. The minimum Gasteiger partial charge on any atom is -0.479 e. The highest BCUT2D eigenvalue weighted by molar-refractivity contribution is 6.00. The third-order valence-electron chi connectivity index (χ3n) is 3.05. The molecule has 0 saturated heterocycles. The lowest BCUT2D eigenvalue weighted by atomic mass is 9.95. The number of carboxylic acids is 1. The number of amides is 1. The van der Waals surface area contributed by atoms with Crippen LogP contribution in [0.1, 0.15) is 31.1 Å². The number of carbonyl (C=O) groups excluding carboxylic acids is 1. The van der Waals surface area contributed by atoms with E-state index >= 15 is 0 Å². The molecule has 0 aromatic heterocycles. The van der Waals surface area contributed by atoms with Gasteiger partial charge in [-0.1, -0.05) is 32.9 Å². The molecule has 1 aromatic carbocycles. The minimum atomic E-state index is -1.14. The van der Waals surface area contributed by atoms with E-state index in [-0.39, 0.29) is 5.41 Å². The number of nitrogens with zero attached hydrogens (tertiary/aromatic N) is 1. The molecule has 0 heterocycles. The lowest BCUT2D eigenvalue weighted by Crippen LogP contribution is -2.39. The van der Waals surface area contributed by atoms with Crippen LogP contribution in [0.4, 0.5) is 5.69 Å². The van der Waals surface area contributed by atoms with Crippen molar-refractivity contribution in [3.8, 4) is 0 Å². The molecule has 0 aliphatic rings. The zero-order valence-electron chi connectivity index (χ0n) is 13.9. The van der Waals surface area contributed by atoms with E-state index in [2.05, 4.69) is 5.32 Å². The van der Waals surface area contributed by atoms with Gasteiger partial charge in [0.05, 0.1) is 12.7 Å². The first-order chi connectivity index (χ1) is 11.2. The maximum atomic E-state index is 12.2. The fraction of sp³-hybridized carbons (Fsp3) is 0.294. The Morgan fingerprint density at radius 3 is 2.12 bits per heavy atom. The van der Waals surface area contributed by atoms with Crippen LogP contribution in [0.15, 0.2) is 36.4 Å². The van der Waals surface area contributed by atoms with E-state index < -0.39 is 17.9 Å². The first-order valence-corrected chi connectivity index (χ1v) is 7.30. The maximum Gasteiger partial charge on any atom is 0.330 e. The van der Waals surface area contributed by atoms with E-state index in [4.69, 9.17) is 10.8 Å². The molecule has 7 heteroatoms. The molecule has 24 heavy (non-hydrogen) atoms. The molecule has 1 rings (SSSR count). The zero-order valence-corrected chi connectivity index (χ0v) is 13.9. The number of carbonyl (C=O) groups is 2. The summed E-state index contributed by atoms with van der Waals surface area (Å²) < 4.78 is 0. The van der Waals surface area contributed by atoms with Crippen molar-refractivity contribution >= 4 is 30.2 Å². The summed E-state index contributed by atoms with van der Waals surface area (Å²) in [4.78, 5) is 24.7. The van der Waals surface area contributed by atoms with Gasteiger partial charge >= 0.3 is 5.97 Å². The highest BCUT2D eigenvalue weighted by atomic mass is 16.4. The SMILES string of the molecule is CC(C)(C)/C=C/[C@@H](NC(=O)c1ccc(N(C=N)C=N)cc1)C(=O)O. The van der Waals surface area contributed by atoms with Crippen molar-refractivity contribution in [2.24, 2.45) is 5.41 Å². The molecule has 1 amide bonds. The van der Waals surface area contributed by atoms with Gasteiger partial charge in [-0.2, -0.15) is 0 Å². The Balaban J connectivity index is 2.88. The summed E-state index contributed by atoms with van der Waals surface area (Å²) in [5.74, 6) is -1.65. The topological polar surface area (TPSA) is 117 Å². The lowest BCUT2D eigenvalue weighted by Gasteiger charge is -2.16. The van der Waals surface area contributed by atoms with Gasteiger partial charge in [-0.25, -0.2) is 4.79 Å². The number of benzene rings is 1. The molecule has 4 N–H and O–H groups in total. The molecule has 0 unspecified atom stereocenters. The summed E-state index contributed by atoms with van der Waals surface area (Å²) in [5, 5.41) is 26.0. The second-order valence-corrected chi connectivity index (χ2v) is 6.23. The van der Waals surface area contributed by atoms with Crippen LogP contribution in [0.2, 0.25) is 0 Å². The Bertz CT molecular complexity index is 637. The first-order valence-electron chi connectivity index (χ1n) is 7.30. The van der Waals surface area contributed by atoms with E-state index in [0.717, 1.165) is 12.7 Å². The number of hydrogen-bond acceptors (Lipinski definition) is 4. The lowest BCUT2D eigenvalue weighted by molar-refractivity contribution is -0.137. The fourth-order valence-corrected chi connectivity index (χ4v) is 1.77. The standard InChI is InChI=1S/C17H22N4O3/c1-17(2,3)9-8-14(16(23)24)20-15(22)12-4-6-13(7-5-12)21(10-18)11-19/h4-11,14,18-19H,1-3H3,(H,20,22)(H,23,24)/b9-8+,18-10?,19-11?/t14-/m1/s1. The van der Waals surface area contributed by atoms with Crippen molar-refractivity contribution in [1.29, 1.82) is 10.8 Å². The normalized spacial score (nSPS) is 12.5. The third-order valence-corrected chi connectivity index (χ3v) is 3.05. The van der Waals surface area contributed by atoms with Crippen molar-refractivity contribution in [2.45, 2.75) is 26.8 Å². The summed E-state index contributed by atoms with van der Waals surface area (Å²) in [6, 6.07) is 5.06. The zero-order chi connectivity index (χ0) is 18.3. The molecule has 0 radical (unpaired) electrons. The Kier molecular flexibility index (Phi) is 6.40. The predicted molar refractivity (Wildman–Crippen MR) is 94.0 cm³/mol. The van der Waals surface area contributed by atoms with Gasteiger partial charge in [-0.3, -0.25) is 20.5 Å². The average molecular weight is 330 g/mol. The summed E-state index contributed by atoms with van der Waals surface area (Å²) in [6.45, 7) is 5.80.